The van der Waals surface area contributed by atoms with Crippen LogP contribution in [0.4, 0.5) is 14.6 Å². The molecule has 0 saturated heterocycles. The van der Waals surface area contributed by atoms with Gasteiger partial charge in [0.15, 0.2) is 0 Å². The van der Waals surface area contributed by atoms with Crippen LogP contribution in [0.3, 0.4) is 0 Å². The lowest BCUT2D eigenvalue weighted by Gasteiger charge is -2.56. The summed E-state index contributed by atoms with van der Waals surface area (Å²) in [5.74, 6) is 2.64. The molecular weight excluding hydrogens is 502 g/mol. The zero-order chi connectivity index (χ0) is 25.8. The van der Waals surface area contributed by atoms with Crippen molar-refractivity contribution in [1.82, 2.24) is 14.3 Å². The molecular formula is C26H30F2N4O4S. The predicted molar refractivity (Wildman–Crippen MR) is 130 cm³/mol. The number of hydrogen-bond donors (Lipinski definition) is 1. The number of fused-ring (bicyclic) bond motifs is 1. The van der Waals surface area contributed by atoms with E-state index in [0.29, 0.717) is 24.4 Å². The minimum Gasteiger partial charge on any atom is -0.435 e. The first-order chi connectivity index (χ1) is 17.7. The molecule has 1 aromatic heterocycles. The normalized spacial score (nSPS) is 28.8. The van der Waals surface area contributed by atoms with Gasteiger partial charge in [-0.05, 0) is 92.4 Å². The maximum atomic E-state index is 13.2. The predicted octanol–water partition coefficient (Wildman–Crippen LogP) is 4.37. The first-order valence-corrected chi connectivity index (χ1v) is 14.3. The van der Waals surface area contributed by atoms with Crippen LogP contribution in [-0.2, 0) is 27.8 Å². The van der Waals surface area contributed by atoms with Crippen LogP contribution in [0.1, 0.15) is 56.2 Å². The molecule has 4 saturated carbocycles. The standard InChI is InChI=1S/C26H30F2N4O4S/c27-25(28)36-19-1-3-20(4-2-19)37(34,35)32-6-5-21-22(14-32)29-15-30-24(21)31-23(33)13-26-10-16-7-17(11-26)9-18(8-16)12-26/h1-4,15-18,25H,5-14H2,(H,29,30,31,33). The van der Waals surface area contributed by atoms with Gasteiger partial charge < -0.3 is 10.1 Å². The van der Waals surface area contributed by atoms with Crippen LogP contribution >= 0.6 is 0 Å². The van der Waals surface area contributed by atoms with Gasteiger partial charge in [0.1, 0.15) is 17.9 Å². The largest absolute Gasteiger partial charge is 0.435 e. The smallest absolute Gasteiger partial charge is 0.387 e. The fourth-order valence-corrected chi connectivity index (χ4v) is 9.01. The van der Waals surface area contributed by atoms with Gasteiger partial charge in [0, 0.05) is 18.5 Å². The van der Waals surface area contributed by atoms with E-state index in [1.54, 1.807) is 0 Å². The number of benzene rings is 1. The number of sulfonamides is 1. The molecule has 198 valence electrons. The molecule has 2 aromatic rings. The van der Waals surface area contributed by atoms with E-state index in [1.807, 2.05) is 0 Å². The Morgan fingerprint density at radius 1 is 1.08 bits per heavy atom. The van der Waals surface area contributed by atoms with E-state index >= 15 is 0 Å². The van der Waals surface area contributed by atoms with Gasteiger partial charge in [0.25, 0.3) is 0 Å². The number of nitrogens with one attached hydrogen (secondary N) is 1. The summed E-state index contributed by atoms with van der Waals surface area (Å²) in [5.41, 5.74) is 1.42. The Hall–Kier alpha value is -2.66. The van der Waals surface area contributed by atoms with Gasteiger partial charge >= 0.3 is 6.61 Å². The lowest BCUT2D eigenvalue weighted by atomic mass is 9.49. The highest BCUT2D eigenvalue weighted by Gasteiger charge is 2.51. The Kier molecular flexibility index (Phi) is 6.18. The van der Waals surface area contributed by atoms with E-state index in [-0.39, 0.29) is 35.1 Å². The van der Waals surface area contributed by atoms with Crippen molar-refractivity contribution in [3.8, 4) is 5.75 Å². The molecule has 1 aliphatic heterocycles. The summed E-state index contributed by atoms with van der Waals surface area (Å²) in [5, 5.41) is 3.02. The summed E-state index contributed by atoms with van der Waals surface area (Å²) >= 11 is 0. The highest BCUT2D eigenvalue weighted by Crippen LogP contribution is 2.61. The third-order valence-electron chi connectivity index (χ3n) is 8.62. The van der Waals surface area contributed by atoms with Crippen LogP contribution in [0.5, 0.6) is 5.75 Å². The van der Waals surface area contributed by atoms with Gasteiger partial charge in [-0.2, -0.15) is 13.1 Å². The third-order valence-corrected chi connectivity index (χ3v) is 10.5. The summed E-state index contributed by atoms with van der Waals surface area (Å²) in [4.78, 5) is 21.8. The molecule has 0 atom stereocenters. The molecule has 7 rings (SSSR count). The van der Waals surface area contributed by atoms with E-state index in [0.717, 1.165) is 42.6 Å². The number of halogens is 2. The fraction of sp³-hybridized carbons (Fsp3) is 0.577. The molecule has 1 N–H and O–H groups in total. The molecule has 8 nitrogen and oxygen atoms in total. The maximum absolute atomic E-state index is 13.2. The average Bonchev–Trinajstić information content (AvgIpc) is 2.82. The Morgan fingerprint density at radius 3 is 2.35 bits per heavy atom. The molecule has 1 amide bonds. The number of carbonyl (C=O) groups excluding carboxylic acids is 1. The Morgan fingerprint density at radius 2 is 1.73 bits per heavy atom. The highest BCUT2D eigenvalue weighted by molar-refractivity contribution is 7.89. The number of aromatic nitrogens is 2. The van der Waals surface area contributed by atoms with Crippen molar-refractivity contribution in [3.63, 3.8) is 0 Å². The molecule has 0 unspecified atom stereocenters. The van der Waals surface area contributed by atoms with Crippen molar-refractivity contribution < 1.29 is 26.7 Å². The summed E-state index contributed by atoms with van der Waals surface area (Å²) in [7, 11) is -3.87. The van der Waals surface area contributed by atoms with Crippen molar-refractivity contribution in [2.75, 3.05) is 11.9 Å². The van der Waals surface area contributed by atoms with Crippen LogP contribution in [0.15, 0.2) is 35.5 Å². The van der Waals surface area contributed by atoms with Crippen LogP contribution in [0.2, 0.25) is 0 Å². The van der Waals surface area contributed by atoms with Crippen molar-refractivity contribution in [1.29, 1.82) is 0 Å². The first-order valence-electron chi connectivity index (χ1n) is 12.9. The molecule has 4 aliphatic carbocycles. The van der Waals surface area contributed by atoms with Crippen LogP contribution in [-0.4, -0.2) is 41.8 Å². The number of nitrogens with zero attached hydrogens (tertiary/aromatic N) is 3. The number of rotatable bonds is 7. The second-order valence-corrected chi connectivity index (χ2v) is 13.2. The van der Waals surface area contributed by atoms with Gasteiger partial charge in [-0.1, -0.05) is 0 Å². The number of alkyl halides is 2. The van der Waals surface area contributed by atoms with E-state index < -0.39 is 16.6 Å². The molecule has 0 radical (unpaired) electrons. The summed E-state index contributed by atoms with van der Waals surface area (Å²) in [6.07, 6.45) is 9.65. The second kappa shape index (κ2) is 9.27. The van der Waals surface area contributed by atoms with Gasteiger partial charge in [-0.3, -0.25) is 4.79 Å². The first kappa shape index (κ1) is 24.7. The minimum absolute atomic E-state index is 0.0179. The van der Waals surface area contributed by atoms with Crippen LogP contribution in [0, 0.1) is 23.2 Å². The fourth-order valence-electron chi connectivity index (χ4n) is 7.61. The minimum atomic E-state index is -3.87. The molecule has 11 heteroatoms. The zero-order valence-corrected chi connectivity index (χ0v) is 21.2. The number of ether oxygens (including phenoxy) is 1. The van der Waals surface area contributed by atoms with Crippen LogP contribution in [0.25, 0.3) is 0 Å². The Bertz CT molecular complexity index is 1270. The van der Waals surface area contributed by atoms with E-state index in [1.165, 1.54) is 54.2 Å². The van der Waals surface area contributed by atoms with Gasteiger partial charge in [0.05, 0.1) is 17.1 Å². The number of anilines is 1. The second-order valence-electron chi connectivity index (χ2n) is 11.2. The Balaban J connectivity index is 1.14. The van der Waals surface area contributed by atoms with E-state index in [4.69, 9.17) is 0 Å². The molecule has 37 heavy (non-hydrogen) atoms. The van der Waals surface area contributed by atoms with Crippen molar-refractivity contribution in [2.24, 2.45) is 23.2 Å². The van der Waals surface area contributed by atoms with Gasteiger partial charge in [-0.25, -0.2) is 18.4 Å². The third kappa shape index (κ3) is 4.83. The molecule has 4 bridgehead atoms. The van der Waals surface area contributed by atoms with Crippen molar-refractivity contribution in [2.45, 2.75) is 69.4 Å². The quantitative estimate of drug-likeness (QED) is 0.568. The van der Waals surface area contributed by atoms with Crippen molar-refractivity contribution >= 4 is 21.7 Å². The van der Waals surface area contributed by atoms with Crippen LogP contribution < -0.4 is 10.1 Å². The SMILES string of the molecule is O=C(CC12CC3CC(CC(C3)C1)C2)Nc1ncnc2c1CCN(S(=O)(=O)c1ccc(OC(F)F)cc1)C2. The molecule has 0 spiro atoms. The summed E-state index contributed by atoms with van der Waals surface area (Å²) in [6, 6.07) is 4.91. The highest BCUT2D eigenvalue weighted by atomic mass is 32.2. The lowest BCUT2D eigenvalue weighted by Crippen LogP contribution is -2.47. The summed E-state index contributed by atoms with van der Waals surface area (Å²) in [6.45, 7) is -2.76. The average molecular weight is 533 g/mol. The molecule has 2 heterocycles. The molecule has 4 fully saturated rings. The number of carbonyl (C=O) groups is 1. The lowest BCUT2D eigenvalue weighted by molar-refractivity contribution is -0.124. The topological polar surface area (TPSA) is 101 Å². The summed E-state index contributed by atoms with van der Waals surface area (Å²) < 4.78 is 56.7. The van der Waals surface area contributed by atoms with Gasteiger partial charge in [0.2, 0.25) is 15.9 Å². The van der Waals surface area contributed by atoms with Gasteiger partial charge in [-0.15, -0.1) is 0 Å². The maximum Gasteiger partial charge on any atom is 0.387 e. The number of hydrogen-bond acceptors (Lipinski definition) is 6. The molecule has 5 aliphatic rings. The van der Waals surface area contributed by atoms with Crippen molar-refractivity contribution in [3.05, 3.63) is 41.9 Å². The number of amides is 1. The van der Waals surface area contributed by atoms with E-state index in [2.05, 4.69) is 20.0 Å². The van der Waals surface area contributed by atoms with E-state index in [9.17, 15) is 22.0 Å². The zero-order valence-electron chi connectivity index (χ0n) is 20.4. The monoisotopic (exact) mass is 532 g/mol. The molecule has 1 aromatic carbocycles. The Labute approximate surface area is 214 Å².